The summed E-state index contributed by atoms with van der Waals surface area (Å²) in [6, 6.07) is 18.6. The quantitative estimate of drug-likeness (QED) is 0.518. The molecule has 0 aliphatic heterocycles. The molecule has 0 aliphatic carbocycles. The van der Waals surface area contributed by atoms with Crippen LogP contribution in [0.4, 0.5) is 11.6 Å². The Morgan fingerprint density at radius 1 is 0.885 bits per heavy atom. The highest BCUT2D eigenvalue weighted by atomic mass is 35.5. The van der Waals surface area contributed by atoms with E-state index >= 15 is 0 Å². The summed E-state index contributed by atoms with van der Waals surface area (Å²) in [5.41, 5.74) is 1.74. The van der Waals surface area contributed by atoms with Gasteiger partial charge < -0.3 is 15.0 Å². The van der Waals surface area contributed by atoms with E-state index < -0.39 is 0 Å². The van der Waals surface area contributed by atoms with Crippen molar-refractivity contribution in [3.8, 4) is 22.9 Å². The molecule has 4 aromatic rings. The predicted molar refractivity (Wildman–Crippen MR) is 101 cm³/mol. The van der Waals surface area contributed by atoms with E-state index in [0.717, 1.165) is 22.7 Å². The molecule has 7 heteroatoms. The van der Waals surface area contributed by atoms with Gasteiger partial charge in [-0.05, 0) is 54.6 Å². The number of pyridine rings is 1. The van der Waals surface area contributed by atoms with E-state index in [2.05, 4.69) is 25.5 Å². The Balaban J connectivity index is 1.47. The van der Waals surface area contributed by atoms with Crippen LogP contribution in [0.15, 0.2) is 73.1 Å². The summed E-state index contributed by atoms with van der Waals surface area (Å²) in [5, 5.41) is 12.1. The number of aromatic amines is 1. The Labute approximate surface area is 154 Å². The topological polar surface area (TPSA) is 75.7 Å². The molecular formula is C19H14ClN5O. The number of H-pyrrole nitrogens is 1. The van der Waals surface area contributed by atoms with Crippen molar-refractivity contribution < 1.29 is 4.74 Å². The van der Waals surface area contributed by atoms with Crippen molar-refractivity contribution in [1.82, 2.24) is 20.2 Å². The number of benzene rings is 2. The van der Waals surface area contributed by atoms with Crippen LogP contribution >= 0.6 is 11.6 Å². The third-order valence-electron chi connectivity index (χ3n) is 3.59. The highest BCUT2D eigenvalue weighted by molar-refractivity contribution is 6.30. The standard InChI is InChI=1S/C19H14ClN5O/c20-14-2-1-3-15(12-14)22-19-23-18(24-25-19)13-4-6-16(7-5-13)26-17-8-10-21-11-9-17/h1-12H,(H2,22,23,24,25). The van der Waals surface area contributed by atoms with E-state index in [4.69, 9.17) is 16.3 Å². The van der Waals surface area contributed by atoms with E-state index in [1.807, 2.05) is 48.5 Å². The third kappa shape index (κ3) is 3.81. The normalized spacial score (nSPS) is 10.5. The van der Waals surface area contributed by atoms with Crippen LogP contribution in [0.25, 0.3) is 11.4 Å². The van der Waals surface area contributed by atoms with Crippen LogP contribution in [0.3, 0.4) is 0 Å². The molecule has 4 rings (SSSR count). The lowest BCUT2D eigenvalue weighted by Crippen LogP contribution is -1.92. The number of halogens is 1. The van der Waals surface area contributed by atoms with Crippen molar-refractivity contribution in [2.45, 2.75) is 0 Å². The average Bonchev–Trinajstić information content (AvgIpc) is 3.12. The van der Waals surface area contributed by atoms with Gasteiger partial charge in [0, 0.05) is 28.7 Å². The summed E-state index contributed by atoms with van der Waals surface area (Å²) in [4.78, 5) is 7.11. The first-order valence-corrected chi connectivity index (χ1v) is 8.28. The first kappa shape index (κ1) is 16.1. The minimum absolute atomic E-state index is 0.541. The van der Waals surface area contributed by atoms with Crippen LogP contribution < -0.4 is 10.1 Å². The molecule has 0 saturated carbocycles. The lowest BCUT2D eigenvalue weighted by Gasteiger charge is -2.05. The predicted octanol–water partition coefficient (Wildman–Crippen LogP) is 5.06. The first-order chi connectivity index (χ1) is 12.8. The summed E-state index contributed by atoms with van der Waals surface area (Å²) < 4.78 is 5.75. The zero-order valence-corrected chi connectivity index (χ0v) is 14.3. The number of aromatic nitrogens is 4. The molecule has 0 unspecified atom stereocenters. The largest absolute Gasteiger partial charge is 0.457 e. The molecule has 0 atom stereocenters. The van der Waals surface area contributed by atoms with Crippen LogP contribution in [-0.2, 0) is 0 Å². The van der Waals surface area contributed by atoms with Crippen molar-refractivity contribution in [2.24, 2.45) is 0 Å². The van der Waals surface area contributed by atoms with Crippen LogP contribution in [0, 0.1) is 0 Å². The zero-order chi connectivity index (χ0) is 17.8. The Morgan fingerprint density at radius 3 is 2.42 bits per heavy atom. The summed E-state index contributed by atoms with van der Waals surface area (Å²) in [5.74, 6) is 2.67. The minimum Gasteiger partial charge on any atom is -0.457 e. The molecule has 0 saturated heterocycles. The van der Waals surface area contributed by atoms with Crippen LogP contribution in [0.5, 0.6) is 11.5 Å². The van der Waals surface area contributed by atoms with Crippen LogP contribution in [0.2, 0.25) is 5.02 Å². The molecule has 0 bridgehead atoms. The summed E-state index contributed by atoms with van der Waals surface area (Å²) in [6.45, 7) is 0. The molecule has 2 aromatic heterocycles. The summed E-state index contributed by atoms with van der Waals surface area (Å²) in [7, 11) is 0. The second-order valence-corrected chi connectivity index (χ2v) is 5.90. The molecule has 128 valence electrons. The van der Waals surface area contributed by atoms with E-state index in [0.29, 0.717) is 16.8 Å². The van der Waals surface area contributed by atoms with Crippen molar-refractivity contribution in [3.05, 3.63) is 78.1 Å². The SMILES string of the molecule is Clc1cccc(Nc2nnc(-c3ccc(Oc4ccncc4)cc3)[nH]2)c1. The third-order valence-corrected chi connectivity index (χ3v) is 3.82. The highest BCUT2D eigenvalue weighted by Gasteiger charge is 2.06. The first-order valence-electron chi connectivity index (χ1n) is 7.90. The second kappa shape index (κ2) is 7.25. The molecule has 0 fully saturated rings. The highest BCUT2D eigenvalue weighted by Crippen LogP contribution is 2.25. The fourth-order valence-corrected chi connectivity index (χ4v) is 2.56. The molecule has 0 aliphatic rings. The minimum atomic E-state index is 0.541. The van der Waals surface area contributed by atoms with Crippen LogP contribution in [-0.4, -0.2) is 20.2 Å². The average molecular weight is 364 g/mol. The molecule has 6 nitrogen and oxygen atoms in total. The zero-order valence-electron chi connectivity index (χ0n) is 13.6. The molecule has 2 aromatic carbocycles. The fraction of sp³-hybridized carbons (Fsp3) is 0. The van der Waals surface area contributed by atoms with Gasteiger partial charge in [-0.25, -0.2) is 0 Å². The van der Waals surface area contributed by atoms with Crippen molar-refractivity contribution in [2.75, 3.05) is 5.32 Å². The Bertz CT molecular complexity index is 1000. The number of anilines is 2. The van der Waals surface area contributed by atoms with Gasteiger partial charge in [0.25, 0.3) is 0 Å². The molecule has 2 N–H and O–H groups in total. The molecule has 0 amide bonds. The van der Waals surface area contributed by atoms with E-state index in [-0.39, 0.29) is 0 Å². The maximum Gasteiger partial charge on any atom is 0.226 e. The smallest absolute Gasteiger partial charge is 0.226 e. The molecule has 0 spiro atoms. The van der Waals surface area contributed by atoms with Gasteiger partial charge in [0.2, 0.25) is 5.95 Å². The van der Waals surface area contributed by atoms with Gasteiger partial charge in [-0.2, -0.15) is 0 Å². The fourth-order valence-electron chi connectivity index (χ4n) is 2.37. The second-order valence-electron chi connectivity index (χ2n) is 5.47. The van der Waals surface area contributed by atoms with Crippen molar-refractivity contribution in [1.29, 1.82) is 0 Å². The Hall–Kier alpha value is -3.38. The van der Waals surface area contributed by atoms with Crippen molar-refractivity contribution >= 4 is 23.2 Å². The van der Waals surface area contributed by atoms with E-state index in [9.17, 15) is 0 Å². The number of rotatable bonds is 5. The van der Waals surface area contributed by atoms with Crippen molar-refractivity contribution in [3.63, 3.8) is 0 Å². The lowest BCUT2D eigenvalue weighted by atomic mass is 10.2. The van der Waals surface area contributed by atoms with Gasteiger partial charge in [-0.15, -0.1) is 10.2 Å². The van der Waals surface area contributed by atoms with Gasteiger partial charge >= 0.3 is 0 Å². The molecule has 0 radical (unpaired) electrons. The molecule has 2 heterocycles. The van der Waals surface area contributed by atoms with Gasteiger partial charge in [0.05, 0.1) is 0 Å². The van der Waals surface area contributed by atoms with E-state index in [1.54, 1.807) is 24.5 Å². The monoisotopic (exact) mass is 363 g/mol. The summed E-state index contributed by atoms with van der Waals surface area (Å²) in [6.07, 6.45) is 3.37. The van der Waals surface area contributed by atoms with Crippen LogP contribution in [0.1, 0.15) is 0 Å². The van der Waals surface area contributed by atoms with Gasteiger partial charge in [-0.3, -0.25) is 4.98 Å². The number of hydrogen-bond donors (Lipinski definition) is 2. The maximum atomic E-state index is 5.98. The Kier molecular flexibility index (Phi) is 4.49. The number of nitrogens with one attached hydrogen (secondary N) is 2. The lowest BCUT2D eigenvalue weighted by molar-refractivity contribution is 0.482. The maximum absolute atomic E-state index is 5.98. The van der Waals surface area contributed by atoms with Gasteiger partial charge in [-0.1, -0.05) is 17.7 Å². The number of nitrogens with zero attached hydrogens (tertiary/aromatic N) is 3. The summed E-state index contributed by atoms with van der Waals surface area (Å²) >= 11 is 5.98. The number of ether oxygens (including phenoxy) is 1. The van der Waals surface area contributed by atoms with Gasteiger partial charge in [0.15, 0.2) is 5.82 Å². The molecule has 26 heavy (non-hydrogen) atoms. The van der Waals surface area contributed by atoms with Gasteiger partial charge in [0.1, 0.15) is 11.5 Å². The van der Waals surface area contributed by atoms with E-state index in [1.165, 1.54) is 0 Å². The Morgan fingerprint density at radius 2 is 1.65 bits per heavy atom. The number of hydrogen-bond acceptors (Lipinski definition) is 5. The molecular weight excluding hydrogens is 350 g/mol.